The van der Waals surface area contributed by atoms with Gasteiger partial charge in [-0.05, 0) is 82.0 Å². The van der Waals surface area contributed by atoms with Gasteiger partial charge in [-0.2, -0.15) is 0 Å². The zero-order valence-electron chi connectivity index (χ0n) is 17.8. The van der Waals surface area contributed by atoms with Crippen molar-refractivity contribution < 1.29 is 9.90 Å². The van der Waals surface area contributed by atoms with Crippen LogP contribution in [-0.4, -0.2) is 38.7 Å². The summed E-state index contributed by atoms with van der Waals surface area (Å²) in [4.78, 5) is 22.8. The molecule has 162 valence electrons. The maximum atomic E-state index is 13.4. The number of amides is 1. The van der Waals surface area contributed by atoms with Crippen LogP contribution in [0.1, 0.15) is 99.0 Å². The van der Waals surface area contributed by atoms with Crippen molar-refractivity contribution in [2.75, 3.05) is 5.32 Å². The van der Waals surface area contributed by atoms with Gasteiger partial charge in [0.15, 0.2) is 0 Å². The monoisotopic (exact) mass is 410 g/mol. The second kappa shape index (κ2) is 7.18. The molecule has 4 bridgehead atoms. The maximum Gasteiger partial charge on any atom is 0.254 e. The Kier molecular flexibility index (Phi) is 4.55. The van der Waals surface area contributed by atoms with Crippen LogP contribution in [0.4, 0.5) is 5.95 Å². The van der Waals surface area contributed by atoms with Crippen molar-refractivity contribution in [2.24, 2.45) is 17.8 Å². The molecule has 2 atom stereocenters. The van der Waals surface area contributed by atoms with Gasteiger partial charge in [0.05, 0.1) is 16.9 Å². The first kappa shape index (κ1) is 19.0. The zero-order chi connectivity index (χ0) is 20.3. The highest BCUT2D eigenvalue weighted by atomic mass is 16.3. The lowest BCUT2D eigenvalue weighted by atomic mass is 9.52. The minimum absolute atomic E-state index is 0.00319. The van der Waals surface area contributed by atoms with Crippen molar-refractivity contribution >= 4 is 11.9 Å². The number of aliphatic hydroxyl groups is 1. The standard InChI is InChI=1S/C24H34N4O2/c29-22(27-20-16-8-14-9-17(20)12-24(30,10-14)11-16)19-13-25-23(26-18-6-3-7-18)28-21(19)15-4-1-2-5-15/h13-18,20,30H,1-12H2,(H,27,29)(H,25,26,28)/t14?,16?,17?,20-,24+. The Morgan fingerprint density at radius 1 is 1.03 bits per heavy atom. The van der Waals surface area contributed by atoms with Crippen LogP contribution in [0.3, 0.4) is 0 Å². The van der Waals surface area contributed by atoms with Crippen LogP contribution in [0.2, 0.25) is 0 Å². The lowest BCUT2D eigenvalue weighted by Crippen LogP contribution is -2.61. The largest absolute Gasteiger partial charge is 0.390 e. The molecule has 6 nitrogen and oxygen atoms in total. The Balaban J connectivity index is 1.23. The highest BCUT2D eigenvalue weighted by Crippen LogP contribution is 2.55. The van der Waals surface area contributed by atoms with Crippen LogP contribution in [0.25, 0.3) is 0 Å². The molecule has 2 unspecified atom stereocenters. The Morgan fingerprint density at radius 2 is 1.77 bits per heavy atom. The third-order valence-electron chi connectivity index (χ3n) is 8.78. The van der Waals surface area contributed by atoms with Crippen LogP contribution in [0.5, 0.6) is 0 Å². The van der Waals surface area contributed by atoms with E-state index in [4.69, 9.17) is 4.98 Å². The van der Waals surface area contributed by atoms with Gasteiger partial charge in [-0.1, -0.05) is 12.8 Å². The number of anilines is 1. The molecular weight excluding hydrogens is 376 g/mol. The summed E-state index contributed by atoms with van der Waals surface area (Å²) < 4.78 is 0. The molecular formula is C24H34N4O2. The number of hydrogen-bond acceptors (Lipinski definition) is 5. The molecule has 1 heterocycles. The molecule has 0 saturated heterocycles. The normalized spacial score (nSPS) is 37.9. The average Bonchev–Trinajstić information content (AvgIpc) is 3.21. The molecule has 6 fully saturated rings. The molecule has 0 spiro atoms. The number of carbonyl (C=O) groups is 1. The molecule has 1 aromatic rings. The van der Waals surface area contributed by atoms with Gasteiger partial charge >= 0.3 is 0 Å². The average molecular weight is 411 g/mol. The maximum absolute atomic E-state index is 13.4. The minimum Gasteiger partial charge on any atom is -0.390 e. The summed E-state index contributed by atoms with van der Waals surface area (Å²) in [5, 5.41) is 17.7. The van der Waals surface area contributed by atoms with Crippen LogP contribution < -0.4 is 10.6 Å². The van der Waals surface area contributed by atoms with Gasteiger partial charge in [0.2, 0.25) is 5.95 Å². The van der Waals surface area contributed by atoms with Crippen molar-refractivity contribution in [1.29, 1.82) is 0 Å². The van der Waals surface area contributed by atoms with Gasteiger partial charge in [0.25, 0.3) is 5.91 Å². The zero-order valence-corrected chi connectivity index (χ0v) is 17.8. The number of rotatable bonds is 5. The third-order valence-corrected chi connectivity index (χ3v) is 8.78. The molecule has 0 aromatic carbocycles. The molecule has 6 aliphatic carbocycles. The second-order valence-electron chi connectivity index (χ2n) is 10.9. The fourth-order valence-corrected chi connectivity index (χ4v) is 7.33. The Hall–Kier alpha value is -1.69. The first-order valence-electron chi connectivity index (χ1n) is 12.2. The summed E-state index contributed by atoms with van der Waals surface area (Å²) >= 11 is 0. The summed E-state index contributed by atoms with van der Waals surface area (Å²) in [5.74, 6) is 2.54. The lowest BCUT2D eigenvalue weighted by Gasteiger charge is -2.58. The van der Waals surface area contributed by atoms with E-state index in [1.54, 1.807) is 6.20 Å². The summed E-state index contributed by atoms with van der Waals surface area (Å²) in [6.07, 6.45) is 15.0. The number of hydrogen-bond donors (Lipinski definition) is 3. The number of nitrogens with zero attached hydrogens (tertiary/aromatic N) is 2. The van der Waals surface area contributed by atoms with E-state index in [1.807, 2.05) is 0 Å². The highest BCUT2D eigenvalue weighted by Gasteiger charge is 2.55. The molecule has 1 amide bonds. The van der Waals surface area contributed by atoms with E-state index >= 15 is 0 Å². The van der Waals surface area contributed by atoms with Gasteiger partial charge in [0.1, 0.15) is 0 Å². The Bertz CT molecular complexity index is 816. The van der Waals surface area contributed by atoms with E-state index in [-0.39, 0.29) is 11.9 Å². The third kappa shape index (κ3) is 3.31. The highest BCUT2D eigenvalue weighted by molar-refractivity contribution is 5.95. The predicted molar refractivity (Wildman–Crippen MR) is 114 cm³/mol. The number of aromatic nitrogens is 2. The van der Waals surface area contributed by atoms with Gasteiger partial charge < -0.3 is 15.7 Å². The first-order chi connectivity index (χ1) is 14.6. The molecule has 0 radical (unpaired) electrons. The fourth-order valence-electron chi connectivity index (χ4n) is 7.33. The molecule has 1 aromatic heterocycles. The predicted octanol–water partition coefficient (Wildman–Crippen LogP) is 3.77. The van der Waals surface area contributed by atoms with Crippen molar-refractivity contribution in [3.63, 3.8) is 0 Å². The number of nitrogens with one attached hydrogen (secondary N) is 2. The van der Waals surface area contributed by atoms with Crippen molar-refractivity contribution in [2.45, 2.75) is 101 Å². The van der Waals surface area contributed by atoms with E-state index < -0.39 is 5.60 Å². The van der Waals surface area contributed by atoms with Gasteiger partial charge in [-0.3, -0.25) is 4.79 Å². The second-order valence-corrected chi connectivity index (χ2v) is 10.9. The lowest BCUT2D eigenvalue weighted by molar-refractivity contribution is -0.136. The SMILES string of the molecule is O=C(N[C@H]1C2CC3CC1C[C@@](O)(C3)C2)c1cnc(NC2CCC2)nc1C1CCCC1. The van der Waals surface area contributed by atoms with E-state index in [1.165, 1.54) is 32.1 Å². The molecule has 7 rings (SSSR count). The van der Waals surface area contributed by atoms with Crippen LogP contribution in [0, 0.1) is 17.8 Å². The van der Waals surface area contributed by atoms with Gasteiger partial charge in [0, 0.05) is 24.2 Å². The Morgan fingerprint density at radius 3 is 2.40 bits per heavy atom. The summed E-state index contributed by atoms with van der Waals surface area (Å²) in [6, 6.07) is 0.679. The van der Waals surface area contributed by atoms with Crippen LogP contribution in [-0.2, 0) is 0 Å². The van der Waals surface area contributed by atoms with Crippen LogP contribution >= 0.6 is 0 Å². The van der Waals surface area contributed by atoms with E-state index in [2.05, 4.69) is 15.6 Å². The van der Waals surface area contributed by atoms with E-state index in [0.717, 1.165) is 50.6 Å². The number of carbonyl (C=O) groups excluding carboxylic acids is 1. The van der Waals surface area contributed by atoms with Crippen LogP contribution in [0.15, 0.2) is 6.20 Å². The first-order valence-corrected chi connectivity index (χ1v) is 12.2. The summed E-state index contributed by atoms with van der Waals surface area (Å²) in [5.41, 5.74) is 1.16. The quantitative estimate of drug-likeness (QED) is 0.688. The molecule has 3 N–H and O–H groups in total. The Labute approximate surface area is 178 Å². The molecule has 0 aliphatic heterocycles. The van der Waals surface area contributed by atoms with Gasteiger partial charge in [-0.15, -0.1) is 0 Å². The molecule has 30 heavy (non-hydrogen) atoms. The fraction of sp³-hybridized carbons (Fsp3) is 0.792. The van der Waals surface area contributed by atoms with E-state index in [9.17, 15) is 9.90 Å². The molecule has 6 aliphatic rings. The topological polar surface area (TPSA) is 87.1 Å². The van der Waals surface area contributed by atoms with Gasteiger partial charge in [-0.25, -0.2) is 9.97 Å². The molecule has 6 saturated carbocycles. The summed E-state index contributed by atoms with van der Waals surface area (Å²) in [6.45, 7) is 0. The van der Waals surface area contributed by atoms with Crippen molar-refractivity contribution in [3.8, 4) is 0 Å². The smallest absolute Gasteiger partial charge is 0.254 e. The van der Waals surface area contributed by atoms with E-state index in [0.29, 0.717) is 41.2 Å². The van der Waals surface area contributed by atoms with Crippen molar-refractivity contribution in [3.05, 3.63) is 17.5 Å². The van der Waals surface area contributed by atoms with Crippen molar-refractivity contribution in [1.82, 2.24) is 15.3 Å². The minimum atomic E-state index is -0.468. The molecule has 6 heteroatoms. The summed E-state index contributed by atoms with van der Waals surface area (Å²) in [7, 11) is 0.